The summed E-state index contributed by atoms with van der Waals surface area (Å²) in [6, 6.07) is 3.31. The Morgan fingerprint density at radius 3 is 2.73 bits per heavy atom. The van der Waals surface area contributed by atoms with Gasteiger partial charge < -0.3 is 20.1 Å². The Kier molecular flexibility index (Phi) is 5.32. The normalized spacial score (nSPS) is 20.1. The zero-order chi connectivity index (χ0) is 18.7. The third-order valence-corrected chi connectivity index (χ3v) is 4.62. The first kappa shape index (κ1) is 18.1. The number of aromatic nitrogens is 3. The van der Waals surface area contributed by atoms with Crippen LogP contribution in [0, 0.1) is 12.8 Å². The molecular weight excluding hydrogens is 336 g/mol. The number of nitrogens with one attached hydrogen (secondary N) is 2. The first-order valence-corrected chi connectivity index (χ1v) is 8.48. The minimum atomic E-state index is -0.338. The number of amides is 1. The Balaban J connectivity index is 1.74. The minimum absolute atomic E-state index is 0.0576. The van der Waals surface area contributed by atoms with E-state index in [1.807, 2.05) is 6.07 Å². The summed E-state index contributed by atoms with van der Waals surface area (Å²) in [7, 11) is 1.54. The molecular formula is C18H22N4O4. The monoisotopic (exact) mass is 358 g/mol. The largest absolute Gasteiger partial charge is 0.481 e. The second-order valence-corrected chi connectivity index (χ2v) is 6.56. The number of rotatable bonds is 6. The van der Waals surface area contributed by atoms with Gasteiger partial charge in [-0.3, -0.25) is 9.59 Å². The molecule has 2 aromatic rings. The van der Waals surface area contributed by atoms with E-state index in [1.165, 1.54) is 13.3 Å². The second-order valence-electron chi connectivity index (χ2n) is 6.56. The molecule has 0 bridgehead atoms. The maximum absolute atomic E-state index is 12.5. The Labute approximate surface area is 150 Å². The lowest BCUT2D eigenvalue weighted by Crippen LogP contribution is -2.42. The lowest BCUT2D eigenvalue weighted by Gasteiger charge is -2.38. The van der Waals surface area contributed by atoms with Crippen molar-refractivity contribution >= 4 is 5.91 Å². The predicted molar refractivity (Wildman–Crippen MR) is 93.7 cm³/mol. The van der Waals surface area contributed by atoms with Crippen molar-refractivity contribution in [3.05, 3.63) is 51.8 Å². The van der Waals surface area contributed by atoms with E-state index < -0.39 is 0 Å². The molecule has 0 aliphatic heterocycles. The van der Waals surface area contributed by atoms with Crippen molar-refractivity contribution in [3.63, 3.8) is 0 Å². The van der Waals surface area contributed by atoms with Crippen molar-refractivity contribution in [1.82, 2.24) is 20.3 Å². The van der Waals surface area contributed by atoms with Crippen LogP contribution in [0.15, 0.2) is 29.3 Å². The SMILES string of the molecule is COc1ccc([C@@H](NC(=O)Cc2cnc(C)[nH]c2=O)C2CC(O)C2)cn1. The van der Waals surface area contributed by atoms with E-state index in [0.717, 1.165) is 5.56 Å². The van der Waals surface area contributed by atoms with Crippen LogP contribution in [0.1, 0.15) is 35.8 Å². The molecule has 0 unspecified atom stereocenters. The third kappa shape index (κ3) is 4.08. The third-order valence-electron chi connectivity index (χ3n) is 4.62. The molecule has 1 fully saturated rings. The van der Waals surface area contributed by atoms with Crippen LogP contribution in [0.5, 0.6) is 5.88 Å². The highest BCUT2D eigenvalue weighted by atomic mass is 16.5. The average Bonchev–Trinajstić information content (AvgIpc) is 2.60. The number of aryl methyl sites for hydroxylation is 1. The first-order chi connectivity index (χ1) is 12.5. The molecule has 3 rings (SSSR count). The van der Waals surface area contributed by atoms with Gasteiger partial charge in [-0.2, -0.15) is 0 Å². The zero-order valence-corrected chi connectivity index (χ0v) is 14.7. The lowest BCUT2D eigenvalue weighted by molar-refractivity contribution is -0.122. The van der Waals surface area contributed by atoms with E-state index in [4.69, 9.17) is 4.74 Å². The average molecular weight is 358 g/mol. The number of pyridine rings is 1. The van der Waals surface area contributed by atoms with Gasteiger partial charge in [-0.25, -0.2) is 9.97 Å². The zero-order valence-electron chi connectivity index (χ0n) is 14.7. The van der Waals surface area contributed by atoms with Crippen LogP contribution < -0.4 is 15.6 Å². The maximum atomic E-state index is 12.5. The molecule has 138 valence electrons. The number of nitrogens with zero attached hydrogens (tertiary/aromatic N) is 2. The summed E-state index contributed by atoms with van der Waals surface area (Å²) in [6.45, 7) is 1.68. The molecule has 1 amide bonds. The molecule has 1 aliphatic carbocycles. The second kappa shape index (κ2) is 7.65. The number of hydrogen-bond donors (Lipinski definition) is 3. The fourth-order valence-electron chi connectivity index (χ4n) is 3.11. The van der Waals surface area contributed by atoms with E-state index in [1.54, 1.807) is 19.2 Å². The smallest absolute Gasteiger partial charge is 0.254 e. The molecule has 8 nitrogen and oxygen atoms in total. The quantitative estimate of drug-likeness (QED) is 0.698. The number of ether oxygens (including phenoxy) is 1. The van der Waals surface area contributed by atoms with Crippen molar-refractivity contribution in [2.45, 2.75) is 38.3 Å². The Morgan fingerprint density at radius 1 is 1.38 bits per heavy atom. The van der Waals surface area contributed by atoms with E-state index in [-0.39, 0.29) is 36.0 Å². The summed E-state index contributed by atoms with van der Waals surface area (Å²) in [4.78, 5) is 35.2. The molecule has 0 aromatic carbocycles. The lowest BCUT2D eigenvalue weighted by atomic mass is 9.75. The standard InChI is InChI=1S/C18H22N4O4/c1-10-19-9-13(18(25)21-10)7-15(24)22-17(12-5-14(23)6-12)11-3-4-16(26-2)20-8-11/h3-4,8-9,12,14,17,23H,5-7H2,1-2H3,(H,22,24)(H,19,21,25)/t12?,14?,17-/m1/s1. The van der Waals surface area contributed by atoms with Gasteiger partial charge in [0.1, 0.15) is 5.82 Å². The Morgan fingerprint density at radius 2 is 2.15 bits per heavy atom. The summed E-state index contributed by atoms with van der Waals surface area (Å²) in [5, 5.41) is 12.6. The molecule has 1 atom stereocenters. The van der Waals surface area contributed by atoms with E-state index >= 15 is 0 Å². The van der Waals surface area contributed by atoms with Gasteiger partial charge in [0, 0.05) is 24.0 Å². The highest BCUT2D eigenvalue weighted by Crippen LogP contribution is 2.38. The van der Waals surface area contributed by atoms with Gasteiger partial charge in [0.25, 0.3) is 5.56 Å². The van der Waals surface area contributed by atoms with Crippen LogP contribution in [-0.2, 0) is 11.2 Å². The molecule has 0 spiro atoms. The molecule has 26 heavy (non-hydrogen) atoms. The predicted octanol–water partition coefficient (Wildman–Crippen LogP) is 0.653. The highest BCUT2D eigenvalue weighted by Gasteiger charge is 2.35. The van der Waals surface area contributed by atoms with E-state index in [0.29, 0.717) is 30.1 Å². The fourth-order valence-corrected chi connectivity index (χ4v) is 3.11. The Hall–Kier alpha value is -2.74. The van der Waals surface area contributed by atoms with Gasteiger partial charge in [-0.15, -0.1) is 0 Å². The van der Waals surface area contributed by atoms with Gasteiger partial charge in [-0.05, 0) is 31.2 Å². The highest BCUT2D eigenvalue weighted by molar-refractivity contribution is 5.78. The van der Waals surface area contributed by atoms with Crippen LogP contribution in [0.3, 0.4) is 0 Å². The van der Waals surface area contributed by atoms with Crippen molar-refractivity contribution in [2.75, 3.05) is 7.11 Å². The molecule has 2 heterocycles. The van der Waals surface area contributed by atoms with Gasteiger partial charge in [-0.1, -0.05) is 6.07 Å². The molecule has 1 aliphatic rings. The topological polar surface area (TPSA) is 117 Å². The first-order valence-electron chi connectivity index (χ1n) is 8.48. The number of aliphatic hydroxyl groups excluding tert-OH is 1. The number of H-pyrrole nitrogens is 1. The number of methoxy groups -OCH3 is 1. The summed E-state index contributed by atoms with van der Waals surface area (Å²) in [6.07, 6.45) is 3.92. The number of aliphatic hydroxyl groups is 1. The number of carbonyl (C=O) groups is 1. The van der Waals surface area contributed by atoms with Crippen molar-refractivity contribution in [2.24, 2.45) is 5.92 Å². The van der Waals surface area contributed by atoms with Crippen molar-refractivity contribution in [1.29, 1.82) is 0 Å². The van der Waals surface area contributed by atoms with Crippen LogP contribution in [-0.4, -0.2) is 39.2 Å². The maximum Gasteiger partial charge on any atom is 0.254 e. The van der Waals surface area contributed by atoms with Crippen molar-refractivity contribution < 1.29 is 14.6 Å². The summed E-state index contributed by atoms with van der Waals surface area (Å²) >= 11 is 0. The molecule has 3 N–H and O–H groups in total. The van der Waals surface area contributed by atoms with Gasteiger partial charge in [0.2, 0.25) is 11.8 Å². The van der Waals surface area contributed by atoms with Crippen molar-refractivity contribution in [3.8, 4) is 5.88 Å². The van der Waals surface area contributed by atoms with E-state index in [2.05, 4.69) is 20.3 Å². The van der Waals surface area contributed by atoms with Crippen LogP contribution >= 0.6 is 0 Å². The summed E-state index contributed by atoms with van der Waals surface area (Å²) in [5.74, 6) is 0.844. The number of hydrogen-bond acceptors (Lipinski definition) is 6. The fraction of sp³-hybridized carbons (Fsp3) is 0.444. The van der Waals surface area contributed by atoms with E-state index in [9.17, 15) is 14.7 Å². The molecule has 0 radical (unpaired) electrons. The van der Waals surface area contributed by atoms with Gasteiger partial charge >= 0.3 is 0 Å². The van der Waals surface area contributed by atoms with Crippen LogP contribution in [0.25, 0.3) is 0 Å². The summed E-state index contributed by atoms with van der Waals surface area (Å²) in [5.41, 5.74) is 0.842. The minimum Gasteiger partial charge on any atom is -0.481 e. The van der Waals surface area contributed by atoms with Crippen LogP contribution in [0.2, 0.25) is 0 Å². The Bertz CT molecular complexity index is 828. The molecule has 8 heteroatoms. The number of aromatic amines is 1. The summed E-state index contributed by atoms with van der Waals surface area (Å²) < 4.78 is 5.07. The van der Waals surface area contributed by atoms with Gasteiger partial charge in [0.15, 0.2) is 0 Å². The van der Waals surface area contributed by atoms with Crippen LogP contribution in [0.4, 0.5) is 0 Å². The molecule has 2 aromatic heterocycles. The molecule has 0 saturated heterocycles. The molecule has 1 saturated carbocycles. The van der Waals surface area contributed by atoms with Gasteiger partial charge in [0.05, 0.1) is 25.7 Å². The number of carbonyl (C=O) groups excluding carboxylic acids is 1.